The van der Waals surface area contributed by atoms with E-state index in [1.165, 1.54) is 11.3 Å². The highest BCUT2D eigenvalue weighted by molar-refractivity contribution is 7.89. The third kappa shape index (κ3) is 4.66. The van der Waals surface area contributed by atoms with Gasteiger partial charge in [0.1, 0.15) is 6.10 Å². The number of ether oxygens (including phenoxy) is 1. The van der Waals surface area contributed by atoms with Gasteiger partial charge in [-0.15, -0.1) is 0 Å². The number of aromatic nitrogens is 1. The van der Waals surface area contributed by atoms with Crippen molar-refractivity contribution in [3.63, 3.8) is 0 Å². The zero-order valence-electron chi connectivity index (χ0n) is 17.1. The number of piperidine rings is 2. The van der Waals surface area contributed by atoms with Gasteiger partial charge in [-0.25, -0.2) is 13.4 Å². The number of thiazole rings is 1. The number of nitrogens with zero attached hydrogens (tertiary/aromatic N) is 3. The van der Waals surface area contributed by atoms with Crippen molar-refractivity contribution < 1.29 is 13.2 Å². The Hall–Kier alpha value is -1.48. The Balaban J connectivity index is 1.30. The van der Waals surface area contributed by atoms with Crippen molar-refractivity contribution in [1.29, 1.82) is 0 Å². The first-order chi connectivity index (χ1) is 13.9. The average molecular weight is 436 g/mol. The molecule has 2 aromatic rings. The first kappa shape index (κ1) is 20.8. The molecule has 2 aliphatic heterocycles. The fourth-order valence-corrected chi connectivity index (χ4v) is 6.35. The molecule has 0 amide bonds. The lowest BCUT2D eigenvalue weighted by Gasteiger charge is -2.41. The Morgan fingerprint density at radius 1 is 1.03 bits per heavy atom. The Kier molecular flexibility index (Phi) is 6.24. The first-order valence-electron chi connectivity index (χ1n) is 10.3. The molecule has 0 saturated carbocycles. The van der Waals surface area contributed by atoms with E-state index in [1.807, 2.05) is 25.3 Å². The summed E-state index contributed by atoms with van der Waals surface area (Å²) in [6.07, 6.45) is 5.79. The zero-order chi connectivity index (χ0) is 20.4. The number of rotatable bonds is 5. The van der Waals surface area contributed by atoms with Crippen LogP contribution in [-0.4, -0.2) is 60.9 Å². The smallest absolute Gasteiger partial charge is 0.273 e. The zero-order valence-corrected chi connectivity index (χ0v) is 18.7. The third-order valence-electron chi connectivity index (χ3n) is 6.21. The molecule has 8 heteroatoms. The number of benzene rings is 1. The van der Waals surface area contributed by atoms with Gasteiger partial charge < -0.3 is 9.64 Å². The third-order valence-corrected chi connectivity index (χ3v) is 8.77. The molecular formula is C21H29N3O3S2. The molecule has 2 aliphatic rings. The van der Waals surface area contributed by atoms with Crippen LogP contribution in [-0.2, 0) is 10.0 Å². The molecule has 29 heavy (non-hydrogen) atoms. The van der Waals surface area contributed by atoms with Gasteiger partial charge in [0, 0.05) is 43.8 Å². The highest BCUT2D eigenvalue weighted by atomic mass is 32.2. The molecule has 1 aromatic heterocycles. The molecule has 4 rings (SSSR count). The lowest BCUT2D eigenvalue weighted by molar-refractivity contribution is 0.0584. The maximum atomic E-state index is 13.0. The molecule has 0 aliphatic carbocycles. The molecule has 0 N–H and O–H groups in total. The number of likely N-dealkylation sites (tertiary alicyclic amines) is 1. The van der Waals surface area contributed by atoms with Crippen molar-refractivity contribution in [2.24, 2.45) is 0 Å². The van der Waals surface area contributed by atoms with Crippen LogP contribution >= 0.6 is 11.3 Å². The second-order valence-electron chi connectivity index (χ2n) is 8.03. The summed E-state index contributed by atoms with van der Waals surface area (Å²) in [5, 5.41) is 2.69. The Labute approximate surface area is 177 Å². The lowest BCUT2D eigenvalue weighted by atomic mass is 10.00. The lowest BCUT2D eigenvalue weighted by Crippen LogP contribution is -2.50. The molecule has 2 saturated heterocycles. The Bertz CT molecular complexity index is 915. The van der Waals surface area contributed by atoms with Gasteiger partial charge in [-0.3, -0.25) is 0 Å². The molecule has 0 unspecified atom stereocenters. The molecule has 0 radical (unpaired) electrons. The van der Waals surface area contributed by atoms with E-state index in [2.05, 4.69) is 9.88 Å². The van der Waals surface area contributed by atoms with Crippen molar-refractivity contribution in [3.8, 4) is 5.19 Å². The van der Waals surface area contributed by atoms with Gasteiger partial charge in [-0.1, -0.05) is 17.4 Å². The van der Waals surface area contributed by atoms with Crippen molar-refractivity contribution >= 4 is 21.4 Å². The van der Waals surface area contributed by atoms with E-state index >= 15 is 0 Å². The average Bonchev–Trinajstić information content (AvgIpc) is 3.24. The van der Waals surface area contributed by atoms with Crippen LogP contribution in [0.1, 0.15) is 36.8 Å². The minimum absolute atomic E-state index is 0.239. The van der Waals surface area contributed by atoms with E-state index in [-0.39, 0.29) is 6.10 Å². The number of hydrogen-bond acceptors (Lipinski definition) is 6. The minimum atomic E-state index is -3.40. The fraction of sp³-hybridized carbons (Fsp3) is 0.571. The molecule has 0 atom stereocenters. The van der Waals surface area contributed by atoms with Crippen LogP contribution in [0.25, 0.3) is 0 Å². The summed E-state index contributed by atoms with van der Waals surface area (Å²) in [5.41, 5.74) is 2.13. The van der Waals surface area contributed by atoms with Crippen LogP contribution in [0.3, 0.4) is 0 Å². The van der Waals surface area contributed by atoms with Gasteiger partial charge in [-0.05, 0) is 62.8 Å². The van der Waals surface area contributed by atoms with Crippen LogP contribution in [0.2, 0.25) is 0 Å². The molecule has 0 bridgehead atoms. The van der Waals surface area contributed by atoms with Crippen LogP contribution in [0.5, 0.6) is 5.19 Å². The van der Waals surface area contributed by atoms with Crippen LogP contribution in [0.4, 0.5) is 0 Å². The summed E-state index contributed by atoms with van der Waals surface area (Å²) in [5.74, 6) is 0. The van der Waals surface area contributed by atoms with Crippen molar-refractivity contribution in [1.82, 2.24) is 14.2 Å². The minimum Gasteiger partial charge on any atom is -0.467 e. The SMILES string of the molecule is Cc1ccc(S(=O)(=O)N2CCC(N3CCC(Oc4nccs4)CC3)CC2)cc1C. The summed E-state index contributed by atoms with van der Waals surface area (Å²) in [6.45, 7) is 7.16. The number of hydrogen-bond donors (Lipinski definition) is 0. The highest BCUT2D eigenvalue weighted by Gasteiger charge is 2.33. The molecular weight excluding hydrogens is 406 g/mol. The monoisotopic (exact) mass is 435 g/mol. The molecule has 2 fully saturated rings. The maximum Gasteiger partial charge on any atom is 0.273 e. The van der Waals surface area contributed by atoms with Gasteiger partial charge in [0.05, 0.1) is 4.90 Å². The summed E-state index contributed by atoms with van der Waals surface area (Å²) < 4.78 is 33.6. The number of aryl methyl sites for hydroxylation is 2. The quantitative estimate of drug-likeness (QED) is 0.720. The first-order valence-corrected chi connectivity index (χ1v) is 12.6. The van der Waals surface area contributed by atoms with Crippen LogP contribution in [0, 0.1) is 13.8 Å². The topological polar surface area (TPSA) is 62.7 Å². The highest BCUT2D eigenvalue weighted by Crippen LogP contribution is 2.27. The normalized spacial score (nSPS) is 20.8. The molecule has 6 nitrogen and oxygen atoms in total. The standard InChI is InChI=1S/C21H29N3O3S2/c1-16-3-4-20(15-17(16)2)29(25,26)24-12-5-18(6-13-24)23-10-7-19(8-11-23)27-21-22-9-14-28-21/h3-4,9,14-15,18-19H,5-8,10-13H2,1-2H3. The summed E-state index contributed by atoms with van der Waals surface area (Å²) in [7, 11) is -3.40. The van der Waals surface area contributed by atoms with Crippen molar-refractivity contribution in [2.75, 3.05) is 26.2 Å². The second kappa shape index (κ2) is 8.71. The summed E-state index contributed by atoms with van der Waals surface area (Å²) in [4.78, 5) is 7.14. The van der Waals surface area contributed by atoms with Gasteiger partial charge in [0.25, 0.3) is 5.19 Å². The Morgan fingerprint density at radius 3 is 2.38 bits per heavy atom. The largest absolute Gasteiger partial charge is 0.467 e. The summed E-state index contributed by atoms with van der Waals surface area (Å²) >= 11 is 1.54. The summed E-state index contributed by atoms with van der Waals surface area (Å²) in [6, 6.07) is 5.88. The molecule has 1 aromatic carbocycles. The fourth-order valence-electron chi connectivity index (χ4n) is 4.24. The second-order valence-corrected chi connectivity index (χ2v) is 10.8. The van der Waals surface area contributed by atoms with Gasteiger partial charge >= 0.3 is 0 Å². The van der Waals surface area contributed by atoms with E-state index in [0.717, 1.165) is 55.1 Å². The maximum absolute atomic E-state index is 13.0. The van der Waals surface area contributed by atoms with Crippen LogP contribution in [0.15, 0.2) is 34.7 Å². The number of sulfonamides is 1. The molecule has 158 valence electrons. The molecule has 0 spiro atoms. The van der Waals surface area contributed by atoms with Gasteiger partial charge in [-0.2, -0.15) is 4.31 Å². The van der Waals surface area contributed by atoms with E-state index in [0.29, 0.717) is 24.0 Å². The van der Waals surface area contributed by atoms with Crippen molar-refractivity contribution in [3.05, 3.63) is 40.9 Å². The predicted molar refractivity (Wildman–Crippen MR) is 115 cm³/mol. The van der Waals surface area contributed by atoms with E-state index in [1.54, 1.807) is 22.6 Å². The van der Waals surface area contributed by atoms with Crippen LogP contribution < -0.4 is 4.74 Å². The van der Waals surface area contributed by atoms with E-state index < -0.39 is 10.0 Å². The van der Waals surface area contributed by atoms with Gasteiger partial charge in [0.2, 0.25) is 10.0 Å². The van der Waals surface area contributed by atoms with E-state index in [9.17, 15) is 8.42 Å². The van der Waals surface area contributed by atoms with E-state index in [4.69, 9.17) is 4.74 Å². The van der Waals surface area contributed by atoms with Gasteiger partial charge in [0.15, 0.2) is 0 Å². The Morgan fingerprint density at radius 2 is 1.76 bits per heavy atom. The predicted octanol–water partition coefficient (Wildman–Crippen LogP) is 3.46. The van der Waals surface area contributed by atoms with Crippen molar-refractivity contribution in [2.45, 2.75) is 56.6 Å². The molecule has 3 heterocycles.